The number of para-hydroxylation sites is 1. The fourth-order valence-electron chi connectivity index (χ4n) is 2.17. The highest BCUT2D eigenvalue weighted by Gasteiger charge is 2.41. The van der Waals surface area contributed by atoms with Crippen molar-refractivity contribution in [2.75, 3.05) is 26.2 Å². The molecule has 1 atom stereocenters. The quantitative estimate of drug-likeness (QED) is 0.505. The van der Waals surface area contributed by atoms with Gasteiger partial charge in [0, 0.05) is 12.0 Å². The van der Waals surface area contributed by atoms with Crippen LogP contribution in [0.3, 0.4) is 0 Å². The normalized spacial score (nSPS) is 17.5. The van der Waals surface area contributed by atoms with E-state index in [4.69, 9.17) is 4.74 Å². The van der Waals surface area contributed by atoms with Crippen LogP contribution in [0.1, 0.15) is 26.7 Å². The standard InChI is InChI=1S/C17H26FN3O2/c1-3-19-16(21-11-17(12-22)8-9-17)20-10-13(2)23-15-7-5-4-6-14(15)18/h4-7,13,22H,3,8-12H2,1-2H3,(H2,19,20,21). The zero-order valence-electron chi connectivity index (χ0n) is 13.8. The van der Waals surface area contributed by atoms with Gasteiger partial charge in [0.2, 0.25) is 0 Å². The van der Waals surface area contributed by atoms with E-state index in [9.17, 15) is 9.50 Å². The monoisotopic (exact) mass is 323 g/mol. The molecule has 1 saturated carbocycles. The van der Waals surface area contributed by atoms with Crippen molar-refractivity contribution >= 4 is 5.96 Å². The van der Waals surface area contributed by atoms with Crippen LogP contribution in [-0.4, -0.2) is 43.4 Å². The van der Waals surface area contributed by atoms with Gasteiger partial charge >= 0.3 is 0 Å². The van der Waals surface area contributed by atoms with Crippen LogP contribution in [0.4, 0.5) is 4.39 Å². The molecule has 0 aromatic heterocycles. The number of ether oxygens (including phenoxy) is 1. The molecule has 5 nitrogen and oxygen atoms in total. The Hall–Kier alpha value is -1.82. The first kappa shape index (κ1) is 17.5. The Bertz CT molecular complexity index is 532. The van der Waals surface area contributed by atoms with Gasteiger partial charge < -0.3 is 20.5 Å². The van der Waals surface area contributed by atoms with Crippen LogP contribution in [0.2, 0.25) is 0 Å². The molecule has 0 saturated heterocycles. The summed E-state index contributed by atoms with van der Waals surface area (Å²) in [4.78, 5) is 4.52. The van der Waals surface area contributed by atoms with Crippen molar-refractivity contribution < 1.29 is 14.2 Å². The van der Waals surface area contributed by atoms with Gasteiger partial charge in [-0.15, -0.1) is 0 Å². The van der Waals surface area contributed by atoms with Crippen molar-refractivity contribution in [3.63, 3.8) is 0 Å². The summed E-state index contributed by atoms with van der Waals surface area (Å²) in [6.45, 7) is 5.92. The molecule has 1 aliphatic rings. The van der Waals surface area contributed by atoms with Gasteiger partial charge in [-0.1, -0.05) is 12.1 Å². The third kappa shape index (κ3) is 5.39. The second kappa shape index (κ2) is 8.15. The predicted molar refractivity (Wildman–Crippen MR) is 89.2 cm³/mol. The molecular formula is C17H26FN3O2. The summed E-state index contributed by atoms with van der Waals surface area (Å²) in [6.07, 6.45) is 1.85. The molecule has 3 N–H and O–H groups in total. The van der Waals surface area contributed by atoms with Gasteiger partial charge in [0.1, 0.15) is 6.10 Å². The third-order valence-corrected chi connectivity index (χ3v) is 3.93. The summed E-state index contributed by atoms with van der Waals surface area (Å²) >= 11 is 0. The maximum Gasteiger partial charge on any atom is 0.191 e. The molecule has 0 radical (unpaired) electrons. The van der Waals surface area contributed by atoms with E-state index < -0.39 is 0 Å². The molecule has 23 heavy (non-hydrogen) atoms. The zero-order valence-corrected chi connectivity index (χ0v) is 13.8. The van der Waals surface area contributed by atoms with E-state index in [1.54, 1.807) is 18.2 Å². The van der Waals surface area contributed by atoms with E-state index in [1.165, 1.54) is 6.07 Å². The highest BCUT2D eigenvalue weighted by atomic mass is 19.1. The van der Waals surface area contributed by atoms with Crippen LogP contribution in [0.5, 0.6) is 5.75 Å². The summed E-state index contributed by atoms with van der Waals surface area (Å²) in [6, 6.07) is 6.37. The van der Waals surface area contributed by atoms with Crippen molar-refractivity contribution in [2.24, 2.45) is 10.4 Å². The summed E-state index contributed by atoms with van der Waals surface area (Å²) in [5, 5.41) is 15.7. The molecule has 128 valence electrons. The first-order valence-electron chi connectivity index (χ1n) is 8.13. The van der Waals surface area contributed by atoms with E-state index in [1.807, 2.05) is 13.8 Å². The van der Waals surface area contributed by atoms with Crippen LogP contribution in [0.25, 0.3) is 0 Å². The van der Waals surface area contributed by atoms with E-state index >= 15 is 0 Å². The molecule has 1 aromatic rings. The Labute approximate surface area is 137 Å². The molecule has 0 bridgehead atoms. The second-order valence-corrected chi connectivity index (χ2v) is 6.09. The maximum atomic E-state index is 13.6. The lowest BCUT2D eigenvalue weighted by molar-refractivity contribution is 0.212. The molecule has 0 amide bonds. The molecule has 0 aliphatic heterocycles. The van der Waals surface area contributed by atoms with Gasteiger partial charge in [0.25, 0.3) is 0 Å². The lowest BCUT2D eigenvalue weighted by Gasteiger charge is -2.18. The number of aliphatic imine (C=N–C) groups is 1. The van der Waals surface area contributed by atoms with Crippen molar-refractivity contribution in [1.29, 1.82) is 0 Å². The number of nitrogens with zero attached hydrogens (tertiary/aromatic N) is 1. The molecule has 0 spiro atoms. The van der Waals surface area contributed by atoms with E-state index in [0.717, 1.165) is 19.4 Å². The van der Waals surface area contributed by atoms with Crippen LogP contribution in [0, 0.1) is 11.2 Å². The number of aliphatic hydroxyl groups is 1. The smallest absolute Gasteiger partial charge is 0.191 e. The van der Waals surface area contributed by atoms with Crippen molar-refractivity contribution in [1.82, 2.24) is 10.6 Å². The number of benzene rings is 1. The Morgan fingerprint density at radius 2 is 2.13 bits per heavy atom. The number of guanidine groups is 1. The van der Waals surface area contributed by atoms with Gasteiger partial charge in [0.15, 0.2) is 17.5 Å². The first-order chi connectivity index (χ1) is 11.1. The highest BCUT2D eigenvalue weighted by Crippen LogP contribution is 2.45. The largest absolute Gasteiger partial charge is 0.486 e. The number of nitrogens with one attached hydrogen (secondary N) is 2. The topological polar surface area (TPSA) is 65.9 Å². The minimum absolute atomic E-state index is 0.0162. The number of hydrogen-bond acceptors (Lipinski definition) is 3. The predicted octanol–water partition coefficient (Wildman–Crippen LogP) is 1.92. The lowest BCUT2D eigenvalue weighted by atomic mass is 10.1. The first-order valence-corrected chi connectivity index (χ1v) is 8.13. The summed E-state index contributed by atoms with van der Waals surface area (Å²) < 4.78 is 19.2. The molecule has 2 rings (SSSR count). The van der Waals surface area contributed by atoms with E-state index in [-0.39, 0.29) is 29.7 Å². The molecule has 0 heterocycles. The summed E-state index contributed by atoms with van der Waals surface area (Å²) in [7, 11) is 0. The van der Waals surface area contributed by atoms with Gasteiger partial charge in [-0.25, -0.2) is 4.39 Å². The molecule has 1 aromatic carbocycles. The van der Waals surface area contributed by atoms with Crippen LogP contribution < -0.4 is 15.4 Å². The number of aliphatic hydroxyl groups excluding tert-OH is 1. The lowest BCUT2D eigenvalue weighted by Crippen LogP contribution is -2.42. The minimum Gasteiger partial charge on any atom is -0.486 e. The Morgan fingerprint density at radius 1 is 1.39 bits per heavy atom. The molecule has 1 aliphatic carbocycles. The zero-order chi connectivity index (χ0) is 16.7. The van der Waals surface area contributed by atoms with Crippen molar-refractivity contribution in [2.45, 2.75) is 32.8 Å². The Balaban J connectivity index is 1.83. The molecule has 1 fully saturated rings. The van der Waals surface area contributed by atoms with Gasteiger partial charge in [-0.05, 0) is 38.8 Å². The molecule has 6 heteroatoms. The van der Waals surface area contributed by atoms with E-state index in [2.05, 4.69) is 15.6 Å². The fourth-order valence-corrected chi connectivity index (χ4v) is 2.17. The SMILES string of the molecule is CCNC(=NCC1(CO)CC1)NCC(C)Oc1ccccc1F. The summed E-state index contributed by atoms with van der Waals surface area (Å²) in [5.74, 6) is 0.579. The van der Waals surface area contributed by atoms with Crippen LogP contribution in [-0.2, 0) is 0 Å². The number of hydrogen-bond donors (Lipinski definition) is 3. The average Bonchev–Trinajstić information content (AvgIpc) is 3.33. The molecular weight excluding hydrogens is 297 g/mol. The Morgan fingerprint density at radius 3 is 2.74 bits per heavy atom. The van der Waals surface area contributed by atoms with Gasteiger partial charge in [0.05, 0.1) is 19.7 Å². The highest BCUT2D eigenvalue weighted by molar-refractivity contribution is 5.79. The fraction of sp³-hybridized carbons (Fsp3) is 0.588. The third-order valence-electron chi connectivity index (χ3n) is 3.93. The van der Waals surface area contributed by atoms with Gasteiger partial charge in [-0.3, -0.25) is 4.99 Å². The van der Waals surface area contributed by atoms with Crippen LogP contribution in [0.15, 0.2) is 29.3 Å². The second-order valence-electron chi connectivity index (χ2n) is 6.09. The summed E-state index contributed by atoms with van der Waals surface area (Å²) in [5.41, 5.74) is -0.0162. The number of rotatable bonds is 8. The van der Waals surface area contributed by atoms with Gasteiger partial charge in [-0.2, -0.15) is 0 Å². The maximum absolute atomic E-state index is 13.6. The van der Waals surface area contributed by atoms with Crippen molar-refractivity contribution in [3.05, 3.63) is 30.1 Å². The minimum atomic E-state index is -0.362. The van der Waals surface area contributed by atoms with E-state index in [0.29, 0.717) is 19.0 Å². The molecule has 1 unspecified atom stereocenters. The Kier molecular flexibility index (Phi) is 6.21. The number of halogens is 1. The average molecular weight is 323 g/mol. The van der Waals surface area contributed by atoms with Crippen LogP contribution >= 0.6 is 0 Å². The van der Waals surface area contributed by atoms with Crippen molar-refractivity contribution in [3.8, 4) is 5.75 Å².